The molecule has 0 saturated heterocycles. The maximum atomic E-state index is 13.2. The number of carbonyl (C=O) groups is 1. The van der Waals surface area contributed by atoms with Crippen molar-refractivity contribution in [3.8, 4) is 28.4 Å². The van der Waals surface area contributed by atoms with Gasteiger partial charge >= 0.3 is 5.63 Å². The van der Waals surface area contributed by atoms with Crippen LogP contribution in [0.1, 0.15) is 41.6 Å². The van der Waals surface area contributed by atoms with Crippen LogP contribution in [0.25, 0.3) is 22.1 Å². The van der Waals surface area contributed by atoms with Crippen LogP contribution in [0, 0.1) is 6.92 Å². The molecule has 2 atom stereocenters. The number of methoxy groups -OCH3 is 2. The molecule has 1 aliphatic rings. The second-order valence-corrected chi connectivity index (χ2v) is 9.82. The molecule has 1 fully saturated rings. The van der Waals surface area contributed by atoms with E-state index < -0.39 is 11.5 Å². The summed E-state index contributed by atoms with van der Waals surface area (Å²) in [6.07, 6.45) is 3.84. The predicted octanol–water partition coefficient (Wildman–Crippen LogP) is 5.69. The van der Waals surface area contributed by atoms with Crippen LogP contribution in [-0.2, 0) is 0 Å². The number of rotatable bonds is 7. The van der Waals surface area contributed by atoms with E-state index in [1.165, 1.54) is 0 Å². The molecular weight excluding hydrogens is 496 g/mol. The van der Waals surface area contributed by atoms with Crippen molar-refractivity contribution in [2.24, 2.45) is 5.73 Å². The maximum absolute atomic E-state index is 13.2. The number of ether oxygens (including phenoxy) is 3. The van der Waals surface area contributed by atoms with Gasteiger partial charge in [0.15, 0.2) is 0 Å². The van der Waals surface area contributed by atoms with Crippen LogP contribution >= 0.6 is 0 Å². The molecule has 0 aliphatic heterocycles. The fraction of sp³-hybridized carbons (Fsp3) is 0.290. The molecule has 0 spiro atoms. The van der Waals surface area contributed by atoms with Gasteiger partial charge in [0.25, 0.3) is 5.91 Å². The van der Waals surface area contributed by atoms with Gasteiger partial charge in [-0.25, -0.2) is 4.79 Å². The molecule has 0 radical (unpaired) electrons. The molecule has 1 aromatic heterocycles. The first-order chi connectivity index (χ1) is 18.9. The highest BCUT2D eigenvalue weighted by Crippen LogP contribution is 2.34. The Labute approximate surface area is 226 Å². The van der Waals surface area contributed by atoms with Gasteiger partial charge in [0.05, 0.1) is 14.2 Å². The fourth-order valence-corrected chi connectivity index (χ4v) is 5.05. The van der Waals surface area contributed by atoms with Gasteiger partial charge in [0.1, 0.15) is 34.6 Å². The van der Waals surface area contributed by atoms with Gasteiger partial charge in [-0.1, -0.05) is 12.1 Å². The first-order valence-corrected chi connectivity index (χ1v) is 13.0. The minimum absolute atomic E-state index is 0.0431. The van der Waals surface area contributed by atoms with E-state index in [1.54, 1.807) is 38.5 Å². The van der Waals surface area contributed by atoms with Gasteiger partial charge in [0.2, 0.25) is 0 Å². The number of nitrogens with two attached hydrogens (primary N) is 1. The highest BCUT2D eigenvalue weighted by molar-refractivity contribution is 6.05. The summed E-state index contributed by atoms with van der Waals surface area (Å²) in [7, 11) is 3.17. The zero-order valence-electron chi connectivity index (χ0n) is 22.3. The van der Waals surface area contributed by atoms with E-state index in [9.17, 15) is 9.59 Å². The highest BCUT2D eigenvalue weighted by Gasteiger charge is 2.22. The first kappa shape index (κ1) is 26.3. The average molecular weight is 529 g/mol. The standard InChI is InChI=1S/C31H32N2O6/c1-18-27(38-24-9-5-7-22(32)17-24)12-10-20-16-26(31(35)39-29(18)20)33-30(34)21-11-13-28(37-3)25(15-21)19-6-4-8-23(14-19)36-2/h4,6,8,10-16,22,24H,5,7,9,17,32H2,1-3H3,(H,33,34). The molecule has 1 saturated carbocycles. The van der Waals surface area contributed by atoms with Crippen molar-refractivity contribution in [1.29, 1.82) is 0 Å². The molecule has 3 N–H and O–H groups in total. The minimum atomic E-state index is -0.641. The number of nitrogens with one attached hydrogen (secondary N) is 1. The van der Waals surface area contributed by atoms with Crippen LogP contribution in [0.4, 0.5) is 5.69 Å². The lowest BCUT2D eigenvalue weighted by atomic mass is 9.93. The Hall–Kier alpha value is -4.30. The third kappa shape index (κ3) is 5.61. The van der Waals surface area contributed by atoms with Gasteiger partial charge in [0, 0.05) is 28.1 Å². The second kappa shape index (κ2) is 11.2. The Kier molecular flexibility index (Phi) is 7.56. The number of amides is 1. The lowest BCUT2D eigenvalue weighted by Gasteiger charge is -2.28. The van der Waals surface area contributed by atoms with Gasteiger partial charge in [-0.05, 0) is 86.7 Å². The van der Waals surface area contributed by atoms with Crippen molar-refractivity contribution in [3.63, 3.8) is 0 Å². The van der Waals surface area contributed by atoms with E-state index in [0.717, 1.165) is 42.4 Å². The van der Waals surface area contributed by atoms with Gasteiger partial charge < -0.3 is 29.7 Å². The number of carbonyl (C=O) groups excluding carboxylic acids is 1. The number of hydrogen-bond acceptors (Lipinski definition) is 7. The Morgan fingerprint density at radius 2 is 1.82 bits per heavy atom. The molecule has 4 aromatic rings. The predicted molar refractivity (Wildman–Crippen MR) is 151 cm³/mol. The largest absolute Gasteiger partial charge is 0.497 e. The normalized spacial score (nSPS) is 17.0. The Morgan fingerprint density at radius 1 is 1.00 bits per heavy atom. The van der Waals surface area contributed by atoms with Crippen molar-refractivity contribution in [1.82, 2.24) is 0 Å². The molecular formula is C31H32N2O6. The molecule has 1 heterocycles. The van der Waals surface area contributed by atoms with E-state index in [1.807, 2.05) is 43.3 Å². The Bertz CT molecular complexity index is 1580. The smallest absolute Gasteiger partial charge is 0.360 e. The number of hydrogen-bond donors (Lipinski definition) is 2. The van der Waals surface area contributed by atoms with E-state index >= 15 is 0 Å². The first-order valence-electron chi connectivity index (χ1n) is 13.0. The summed E-state index contributed by atoms with van der Waals surface area (Å²) in [4.78, 5) is 26.1. The summed E-state index contributed by atoms with van der Waals surface area (Å²) >= 11 is 0. The summed E-state index contributed by atoms with van der Waals surface area (Å²) in [5.74, 6) is 1.52. The number of anilines is 1. The van der Waals surface area contributed by atoms with Gasteiger partial charge in [-0.15, -0.1) is 0 Å². The molecule has 39 heavy (non-hydrogen) atoms. The molecule has 202 valence electrons. The third-order valence-electron chi connectivity index (χ3n) is 7.15. The van der Waals surface area contributed by atoms with Crippen LogP contribution in [-0.4, -0.2) is 32.3 Å². The molecule has 1 amide bonds. The molecule has 3 aromatic carbocycles. The highest BCUT2D eigenvalue weighted by atomic mass is 16.5. The van der Waals surface area contributed by atoms with Crippen molar-refractivity contribution in [2.45, 2.75) is 44.8 Å². The Balaban J connectivity index is 1.40. The number of fused-ring (bicyclic) bond motifs is 1. The average Bonchev–Trinajstić information content (AvgIpc) is 2.95. The van der Waals surface area contributed by atoms with Crippen LogP contribution in [0.5, 0.6) is 17.2 Å². The number of aryl methyl sites for hydroxylation is 1. The lowest BCUT2D eigenvalue weighted by Crippen LogP contribution is -2.33. The van der Waals surface area contributed by atoms with Crippen molar-refractivity contribution >= 4 is 22.6 Å². The van der Waals surface area contributed by atoms with Crippen LogP contribution in [0.3, 0.4) is 0 Å². The summed E-state index contributed by atoms with van der Waals surface area (Å²) in [5.41, 5.74) is 8.59. The molecule has 5 rings (SSSR count). The minimum Gasteiger partial charge on any atom is -0.497 e. The maximum Gasteiger partial charge on any atom is 0.360 e. The van der Waals surface area contributed by atoms with E-state index in [0.29, 0.717) is 33.8 Å². The van der Waals surface area contributed by atoms with E-state index in [2.05, 4.69) is 5.32 Å². The SMILES string of the molecule is COc1cccc(-c2cc(C(=O)Nc3cc4ccc(OC5CCCC(N)C5)c(C)c4oc3=O)ccc2OC)c1. The lowest BCUT2D eigenvalue weighted by molar-refractivity contribution is 0.102. The molecule has 0 bridgehead atoms. The fourth-order valence-electron chi connectivity index (χ4n) is 5.05. The molecule has 8 nitrogen and oxygen atoms in total. The summed E-state index contributed by atoms with van der Waals surface area (Å²) in [6.45, 7) is 1.86. The van der Waals surface area contributed by atoms with E-state index in [-0.39, 0.29) is 17.8 Å². The van der Waals surface area contributed by atoms with Crippen molar-refractivity contribution < 1.29 is 23.4 Å². The van der Waals surface area contributed by atoms with Crippen LogP contribution in [0.2, 0.25) is 0 Å². The zero-order valence-corrected chi connectivity index (χ0v) is 22.3. The summed E-state index contributed by atoms with van der Waals surface area (Å²) in [6, 6.07) is 18.0. The molecule has 2 unspecified atom stereocenters. The van der Waals surface area contributed by atoms with Gasteiger partial charge in [-0.3, -0.25) is 4.79 Å². The second-order valence-electron chi connectivity index (χ2n) is 9.82. The van der Waals surface area contributed by atoms with Crippen LogP contribution < -0.4 is 30.9 Å². The Morgan fingerprint density at radius 3 is 2.59 bits per heavy atom. The third-order valence-corrected chi connectivity index (χ3v) is 7.15. The van der Waals surface area contributed by atoms with Crippen molar-refractivity contribution in [3.05, 3.63) is 82.2 Å². The zero-order chi connectivity index (χ0) is 27.5. The number of benzene rings is 3. The summed E-state index contributed by atoms with van der Waals surface area (Å²) < 4.78 is 22.7. The summed E-state index contributed by atoms with van der Waals surface area (Å²) in [5, 5.41) is 3.39. The molecule has 1 aliphatic carbocycles. The van der Waals surface area contributed by atoms with Crippen LogP contribution in [0.15, 0.2) is 69.9 Å². The van der Waals surface area contributed by atoms with Crippen molar-refractivity contribution in [2.75, 3.05) is 19.5 Å². The quantitative estimate of drug-likeness (QED) is 0.296. The van der Waals surface area contributed by atoms with E-state index in [4.69, 9.17) is 24.4 Å². The topological polar surface area (TPSA) is 113 Å². The molecule has 8 heteroatoms. The van der Waals surface area contributed by atoms with Gasteiger partial charge in [-0.2, -0.15) is 0 Å². The monoisotopic (exact) mass is 528 g/mol.